The molecule has 3 atom stereocenters. The fraction of sp³-hybridized carbons (Fsp3) is 0.545. The maximum atomic E-state index is 12.9. The predicted molar refractivity (Wildman–Crippen MR) is 111 cm³/mol. The van der Waals surface area contributed by atoms with Crippen LogP contribution in [-0.2, 0) is 11.8 Å². The van der Waals surface area contributed by atoms with Crippen LogP contribution in [0.2, 0.25) is 0 Å². The number of alkyl halides is 3. The minimum Gasteiger partial charge on any atom is -0.489 e. The first kappa shape index (κ1) is 22.8. The topological polar surface area (TPSA) is 90.7 Å². The first-order valence-electron chi connectivity index (χ1n) is 10.5. The number of hydrogen-bond acceptors (Lipinski definition) is 7. The van der Waals surface area contributed by atoms with Crippen LogP contribution in [0.3, 0.4) is 0 Å². The molecule has 2 fully saturated rings. The fourth-order valence-corrected chi connectivity index (χ4v) is 4.49. The second kappa shape index (κ2) is 8.17. The molecule has 0 unspecified atom stereocenters. The van der Waals surface area contributed by atoms with Gasteiger partial charge in [0, 0.05) is 12.1 Å². The number of aromatic nitrogens is 2. The van der Waals surface area contributed by atoms with Crippen LogP contribution in [0, 0.1) is 0 Å². The quantitative estimate of drug-likeness (QED) is 0.642. The number of piperidine rings is 1. The Balaban J connectivity index is 1.37. The number of rotatable bonds is 5. The first-order valence-corrected chi connectivity index (χ1v) is 10.5. The lowest BCUT2D eigenvalue weighted by Gasteiger charge is -2.44. The Hall–Kier alpha value is -2.43. The summed E-state index contributed by atoms with van der Waals surface area (Å²) in [7, 11) is 0. The highest BCUT2D eigenvalue weighted by Gasteiger charge is 2.40. The standard InChI is InChI=1S/C22H27F3N4O3/c1-14-7-21(31,15-3-5-16(6-4-15)22(23,24)25)8-17(28-14)11-32-18-9-26-19(27-10-18)29-12-20(2,30)13-29/h3-6,9-10,14,17,28,30-31H,7-8,11-13H2,1-2H3/t14-,17-,21-/m0/s1. The van der Waals surface area contributed by atoms with Gasteiger partial charge in [-0.15, -0.1) is 0 Å². The van der Waals surface area contributed by atoms with E-state index in [1.54, 1.807) is 19.3 Å². The van der Waals surface area contributed by atoms with Gasteiger partial charge in [-0.1, -0.05) is 12.1 Å². The molecule has 3 heterocycles. The van der Waals surface area contributed by atoms with Crippen molar-refractivity contribution >= 4 is 5.95 Å². The third-order valence-electron chi connectivity index (χ3n) is 5.91. The van der Waals surface area contributed by atoms with Gasteiger partial charge in [0.1, 0.15) is 6.61 Å². The Morgan fingerprint density at radius 2 is 1.75 bits per heavy atom. The third-order valence-corrected chi connectivity index (χ3v) is 5.91. The maximum Gasteiger partial charge on any atom is 0.416 e. The third kappa shape index (κ3) is 4.97. The maximum absolute atomic E-state index is 12.9. The minimum atomic E-state index is -4.41. The lowest BCUT2D eigenvalue weighted by Crippen LogP contribution is -2.60. The number of hydrogen-bond donors (Lipinski definition) is 3. The van der Waals surface area contributed by atoms with Crippen molar-refractivity contribution in [2.45, 2.75) is 56.2 Å². The highest BCUT2D eigenvalue weighted by Crippen LogP contribution is 2.37. The van der Waals surface area contributed by atoms with Gasteiger partial charge in [0.25, 0.3) is 0 Å². The number of nitrogens with zero attached hydrogens (tertiary/aromatic N) is 3. The molecule has 2 aliphatic rings. The smallest absolute Gasteiger partial charge is 0.416 e. The van der Waals surface area contributed by atoms with Crippen molar-refractivity contribution < 1.29 is 28.1 Å². The summed E-state index contributed by atoms with van der Waals surface area (Å²) >= 11 is 0. The van der Waals surface area contributed by atoms with E-state index in [1.807, 2.05) is 11.8 Å². The molecule has 7 nitrogen and oxygen atoms in total. The van der Waals surface area contributed by atoms with Gasteiger partial charge in [-0.05, 0) is 44.4 Å². The molecule has 1 aromatic carbocycles. The van der Waals surface area contributed by atoms with E-state index in [2.05, 4.69) is 15.3 Å². The Labute approximate surface area is 184 Å². The van der Waals surface area contributed by atoms with Crippen molar-refractivity contribution in [3.63, 3.8) is 0 Å². The molecular formula is C22H27F3N4O3. The molecule has 0 aliphatic carbocycles. The van der Waals surface area contributed by atoms with Crippen LogP contribution in [0.5, 0.6) is 5.75 Å². The summed E-state index contributed by atoms with van der Waals surface area (Å²) in [4.78, 5) is 10.4. The summed E-state index contributed by atoms with van der Waals surface area (Å²) in [5.74, 6) is 0.990. The van der Waals surface area contributed by atoms with Gasteiger partial charge < -0.3 is 25.2 Å². The molecule has 0 bridgehead atoms. The van der Waals surface area contributed by atoms with Crippen molar-refractivity contribution in [2.75, 3.05) is 24.6 Å². The molecule has 0 spiro atoms. The Kier molecular flexibility index (Phi) is 5.81. The number of ether oxygens (including phenoxy) is 1. The summed E-state index contributed by atoms with van der Waals surface area (Å²) in [6.07, 6.45) is -0.617. The van der Waals surface area contributed by atoms with Crippen molar-refractivity contribution in [2.24, 2.45) is 0 Å². The molecular weight excluding hydrogens is 425 g/mol. The SMILES string of the molecule is C[C@H]1C[C@@](O)(c2ccc(C(F)(F)F)cc2)C[C@@H](COc2cnc(N3CC(C)(O)C3)nc2)N1. The lowest BCUT2D eigenvalue weighted by molar-refractivity contribution is -0.137. The number of benzene rings is 1. The van der Waals surface area contributed by atoms with E-state index in [0.29, 0.717) is 43.2 Å². The van der Waals surface area contributed by atoms with Crippen LogP contribution in [0.25, 0.3) is 0 Å². The summed E-state index contributed by atoms with van der Waals surface area (Å²) in [5, 5.41) is 24.4. The van der Waals surface area contributed by atoms with Crippen LogP contribution >= 0.6 is 0 Å². The van der Waals surface area contributed by atoms with Gasteiger partial charge in [-0.25, -0.2) is 9.97 Å². The second-order valence-corrected chi connectivity index (χ2v) is 9.16. The van der Waals surface area contributed by atoms with Crippen LogP contribution in [0.4, 0.5) is 19.1 Å². The summed E-state index contributed by atoms with van der Waals surface area (Å²) < 4.78 is 44.4. The van der Waals surface area contributed by atoms with E-state index < -0.39 is 22.9 Å². The van der Waals surface area contributed by atoms with E-state index in [-0.39, 0.29) is 18.7 Å². The molecule has 0 radical (unpaired) electrons. The summed E-state index contributed by atoms with van der Waals surface area (Å²) in [6.45, 7) is 4.86. The zero-order chi connectivity index (χ0) is 23.1. The average molecular weight is 452 g/mol. The van der Waals surface area contributed by atoms with Gasteiger partial charge >= 0.3 is 6.18 Å². The van der Waals surface area contributed by atoms with Gasteiger partial charge in [-0.2, -0.15) is 13.2 Å². The van der Waals surface area contributed by atoms with E-state index in [4.69, 9.17) is 4.74 Å². The number of aliphatic hydroxyl groups is 2. The number of β-amino-alcohol motifs (C(OH)–C–C–N with tert-alkyl or cyclic N) is 1. The van der Waals surface area contributed by atoms with Gasteiger partial charge in [-0.3, -0.25) is 0 Å². The molecule has 2 aromatic rings. The van der Waals surface area contributed by atoms with E-state index in [9.17, 15) is 23.4 Å². The lowest BCUT2D eigenvalue weighted by atomic mass is 9.79. The van der Waals surface area contributed by atoms with Gasteiger partial charge in [0.05, 0.1) is 42.2 Å². The van der Waals surface area contributed by atoms with E-state index in [0.717, 1.165) is 12.1 Å². The van der Waals surface area contributed by atoms with Crippen molar-refractivity contribution in [3.05, 3.63) is 47.8 Å². The van der Waals surface area contributed by atoms with Crippen LogP contribution in [0.1, 0.15) is 37.8 Å². The number of halogens is 3. The van der Waals surface area contributed by atoms with Gasteiger partial charge in [0.15, 0.2) is 5.75 Å². The largest absolute Gasteiger partial charge is 0.489 e. The minimum absolute atomic E-state index is 0.0533. The Morgan fingerprint density at radius 1 is 1.12 bits per heavy atom. The fourth-order valence-electron chi connectivity index (χ4n) is 4.49. The normalized spacial score (nSPS) is 27.7. The van der Waals surface area contributed by atoms with E-state index in [1.165, 1.54) is 12.1 Å². The Bertz CT molecular complexity index is 929. The molecule has 2 saturated heterocycles. The predicted octanol–water partition coefficient (Wildman–Crippen LogP) is 2.47. The van der Waals surface area contributed by atoms with Crippen LogP contribution in [-0.4, -0.2) is 57.6 Å². The Morgan fingerprint density at radius 3 is 2.31 bits per heavy atom. The highest BCUT2D eigenvalue weighted by molar-refractivity contribution is 5.37. The number of nitrogens with one attached hydrogen (secondary N) is 1. The van der Waals surface area contributed by atoms with Crippen LogP contribution in [0.15, 0.2) is 36.7 Å². The summed E-state index contributed by atoms with van der Waals surface area (Å²) in [6, 6.07) is 4.43. The molecule has 174 valence electrons. The van der Waals surface area contributed by atoms with Crippen LogP contribution < -0.4 is 15.0 Å². The average Bonchev–Trinajstić information content (AvgIpc) is 2.70. The van der Waals surface area contributed by atoms with Gasteiger partial charge in [0.2, 0.25) is 5.95 Å². The monoisotopic (exact) mass is 452 g/mol. The molecule has 2 aliphatic heterocycles. The molecule has 10 heteroatoms. The molecule has 0 saturated carbocycles. The zero-order valence-corrected chi connectivity index (χ0v) is 17.9. The van der Waals surface area contributed by atoms with Crippen molar-refractivity contribution in [1.82, 2.24) is 15.3 Å². The first-order chi connectivity index (χ1) is 14.9. The molecule has 4 rings (SSSR count). The molecule has 32 heavy (non-hydrogen) atoms. The molecule has 1 aromatic heterocycles. The zero-order valence-electron chi connectivity index (χ0n) is 17.9. The van der Waals surface area contributed by atoms with Crippen molar-refractivity contribution in [3.8, 4) is 5.75 Å². The molecule has 3 N–H and O–H groups in total. The van der Waals surface area contributed by atoms with E-state index >= 15 is 0 Å². The van der Waals surface area contributed by atoms with Crippen molar-refractivity contribution in [1.29, 1.82) is 0 Å². The highest BCUT2D eigenvalue weighted by atomic mass is 19.4. The molecule has 0 amide bonds. The second-order valence-electron chi connectivity index (χ2n) is 9.16. The number of anilines is 1. The summed E-state index contributed by atoms with van der Waals surface area (Å²) in [5.41, 5.74) is -2.25.